The average molecular weight is 499 g/mol. The first-order valence-corrected chi connectivity index (χ1v) is 12.5. The Kier molecular flexibility index (Phi) is 9.89. The molecule has 0 saturated carbocycles. The van der Waals surface area contributed by atoms with E-state index in [0.717, 1.165) is 36.9 Å². The molecule has 0 spiro atoms. The number of H-pyrrole nitrogens is 1. The van der Waals surface area contributed by atoms with Gasteiger partial charge in [-0.2, -0.15) is 0 Å². The third kappa shape index (κ3) is 7.56. The quantitative estimate of drug-likeness (QED) is 0.131. The number of aliphatic imine (C=N–C) groups is 1. The molecule has 2 amide bonds. The summed E-state index contributed by atoms with van der Waals surface area (Å²) in [5, 5.41) is 4.06. The summed E-state index contributed by atoms with van der Waals surface area (Å²) in [4.78, 5) is 37.9. The third-order valence-electron chi connectivity index (χ3n) is 6.24. The second kappa shape index (κ2) is 13.1. The number of ether oxygens (including phenoxy) is 1. The van der Waals surface area contributed by atoms with Gasteiger partial charge in [-0.05, 0) is 49.3 Å². The Hall–Kier alpha value is -3.37. The van der Waals surface area contributed by atoms with E-state index < -0.39 is 18.2 Å². The zero-order chi connectivity index (χ0) is 26.1. The van der Waals surface area contributed by atoms with Crippen molar-refractivity contribution in [2.75, 3.05) is 6.61 Å². The first-order chi connectivity index (χ1) is 17.3. The van der Waals surface area contributed by atoms with Crippen LogP contribution in [0.25, 0.3) is 10.9 Å². The highest BCUT2D eigenvalue weighted by atomic mass is 16.6. The van der Waals surface area contributed by atoms with E-state index in [2.05, 4.69) is 32.9 Å². The molecule has 1 aromatic heterocycles. The summed E-state index contributed by atoms with van der Waals surface area (Å²) in [6.07, 6.45) is 4.48. The second-order valence-electron chi connectivity index (χ2n) is 9.05. The summed E-state index contributed by atoms with van der Waals surface area (Å²) < 4.78 is 6.25. The molecule has 0 radical (unpaired) electrons. The van der Waals surface area contributed by atoms with Crippen LogP contribution in [0.15, 0.2) is 47.0 Å². The molecule has 1 aliphatic carbocycles. The number of guanidine groups is 1. The van der Waals surface area contributed by atoms with Crippen LogP contribution in [0.1, 0.15) is 52.1 Å². The Bertz CT molecular complexity index is 1050. The van der Waals surface area contributed by atoms with Crippen molar-refractivity contribution in [3.63, 3.8) is 0 Å². The summed E-state index contributed by atoms with van der Waals surface area (Å²) >= 11 is 0. The molecule has 36 heavy (non-hydrogen) atoms. The number of hydroxylamine groups is 1. The first-order valence-electron chi connectivity index (χ1n) is 12.5. The number of fused-ring (bicyclic) bond motifs is 1. The van der Waals surface area contributed by atoms with E-state index in [-0.39, 0.29) is 30.3 Å². The summed E-state index contributed by atoms with van der Waals surface area (Å²) in [5.74, 6) is -0.726. The molecule has 0 unspecified atom stereocenters. The summed E-state index contributed by atoms with van der Waals surface area (Å²) in [5.41, 5.74) is 16.5. The Balaban J connectivity index is 1.62. The van der Waals surface area contributed by atoms with Crippen LogP contribution < -0.4 is 22.3 Å². The lowest BCUT2D eigenvalue weighted by Gasteiger charge is -2.36. The normalized spacial score (nSPS) is 19.7. The maximum absolute atomic E-state index is 12.9. The van der Waals surface area contributed by atoms with E-state index in [1.54, 1.807) is 6.08 Å². The fraction of sp³-hybridized carbons (Fsp3) is 0.500. The molecule has 0 bridgehead atoms. The number of nitrogens with zero attached hydrogens (tertiary/aromatic N) is 1. The first kappa shape index (κ1) is 27.2. The van der Waals surface area contributed by atoms with Crippen LogP contribution >= 0.6 is 0 Å². The lowest BCUT2D eigenvalue weighted by molar-refractivity contribution is -0.130. The number of hydrogen-bond donors (Lipinski definition) is 5. The lowest BCUT2D eigenvalue weighted by atomic mass is 9.87. The van der Waals surface area contributed by atoms with Crippen molar-refractivity contribution in [2.45, 2.75) is 77.2 Å². The molecule has 10 heteroatoms. The molecule has 1 heterocycles. The Labute approximate surface area is 211 Å². The Morgan fingerprint density at radius 1 is 1.22 bits per heavy atom. The maximum atomic E-state index is 12.9. The highest BCUT2D eigenvalue weighted by molar-refractivity contribution is 5.93. The molecule has 196 valence electrons. The van der Waals surface area contributed by atoms with Crippen molar-refractivity contribution < 1.29 is 19.2 Å². The minimum atomic E-state index is -0.566. The number of amides is 2. The van der Waals surface area contributed by atoms with E-state index in [4.69, 9.17) is 21.0 Å². The zero-order valence-corrected chi connectivity index (χ0v) is 21.3. The van der Waals surface area contributed by atoms with Crippen molar-refractivity contribution >= 4 is 28.7 Å². The Morgan fingerprint density at radius 3 is 2.64 bits per heavy atom. The number of nitrogens with two attached hydrogens (primary N) is 2. The number of carbonyl (C=O) groups excluding carboxylic acids is 2. The average Bonchev–Trinajstić information content (AvgIpc) is 3.26. The predicted octanol–water partition coefficient (Wildman–Crippen LogP) is 2.20. The van der Waals surface area contributed by atoms with Gasteiger partial charge in [-0.3, -0.25) is 14.4 Å². The highest BCUT2D eigenvalue weighted by Gasteiger charge is 2.37. The number of aromatic nitrogens is 1. The van der Waals surface area contributed by atoms with Crippen LogP contribution in [0.5, 0.6) is 0 Å². The molecule has 0 aliphatic heterocycles. The molecule has 1 aromatic carbocycles. The van der Waals surface area contributed by atoms with E-state index in [9.17, 15) is 9.59 Å². The second-order valence-corrected chi connectivity index (χ2v) is 9.05. The van der Waals surface area contributed by atoms with Gasteiger partial charge < -0.3 is 26.5 Å². The lowest BCUT2D eigenvalue weighted by Crippen LogP contribution is -2.54. The van der Waals surface area contributed by atoms with Crippen LogP contribution in [0.4, 0.5) is 0 Å². The number of para-hydroxylation sites is 1. The van der Waals surface area contributed by atoms with E-state index in [0.29, 0.717) is 12.2 Å². The minimum Gasteiger partial charge on any atom is -0.370 e. The number of nitrogens with one attached hydrogen (secondary N) is 3. The Morgan fingerprint density at radius 2 is 1.97 bits per heavy atom. The molecule has 7 N–H and O–H groups in total. The smallest absolute Gasteiger partial charge is 0.270 e. The molecular weight excluding hydrogens is 460 g/mol. The van der Waals surface area contributed by atoms with E-state index >= 15 is 0 Å². The van der Waals surface area contributed by atoms with Gasteiger partial charge in [-0.1, -0.05) is 32.0 Å². The van der Waals surface area contributed by atoms with Crippen molar-refractivity contribution in [1.82, 2.24) is 15.8 Å². The van der Waals surface area contributed by atoms with Crippen molar-refractivity contribution in [3.05, 3.63) is 47.7 Å². The monoisotopic (exact) mass is 498 g/mol. The van der Waals surface area contributed by atoms with Gasteiger partial charge in [-0.25, -0.2) is 10.5 Å². The molecule has 10 nitrogen and oxygen atoms in total. The number of benzene rings is 1. The largest absolute Gasteiger partial charge is 0.370 e. The number of rotatable bonds is 12. The standard InChI is InChI=1S/C26H38N6O4/c1-4-20(5-2)36-23-15-18(14-22(31-26(27)28)24(23)29-16(3)33)25(34)32-35-12-8-10-19-13-17-9-6-7-11-21(17)30-19/h6-7,9,11,13,15,20,22-24,30H,4-5,8,10,12,14H2,1-3H3,(H,29,33)(H,32,34)(H4,27,28,31)/t22-,23+,24+/m0/s1. The van der Waals surface area contributed by atoms with Crippen molar-refractivity contribution in [3.8, 4) is 0 Å². The molecule has 3 rings (SSSR count). The maximum Gasteiger partial charge on any atom is 0.270 e. The summed E-state index contributed by atoms with van der Waals surface area (Å²) in [6, 6.07) is 9.18. The van der Waals surface area contributed by atoms with E-state index in [1.165, 1.54) is 12.3 Å². The molecule has 2 aromatic rings. The molecular formula is C26H38N6O4. The SMILES string of the molecule is CCC(CC)O[C@@H]1C=C(C(=O)NOCCCc2cc3ccccc3[nH]2)C[C@H](N=C(N)N)[C@H]1NC(C)=O. The zero-order valence-electron chi connectivity index (χ0n) is 21.3. The third-order valence-corrected chi connectivity index (χ3v) is 6.24. The topological polar surface area (TPSA) is 157 Å². The van der Waals surface area contributed by atoms with Gasteiger partial charge in [0.1, 0.15) is 0 Å². The van der Waals surface area contributed by atoms with Crippen molar-refractivity contribution in [1.29, 1.82) is 0 Å². The predicted molar refractivity (Wildman–Crippen MR) is 140 cm³/mol. The van der Waals surface area contributed by atoms with Crippen LogP contribution in [0.2, 0.25) is 0 Å². The van der Waals surface area contributed by atoms with Gasteiger partial charge in [0.2, 0.25) is 5.91 Å². The molecule has 1 aliphatic rings. The van der Waals surface area contributed by atoms with E-state index in [1.807, 2.05) is 32.0 Å². The minimum absolute atomic E-state index is 0.0364. The van der Waals surface area contributed by atoms with Gasteiger partial charge in [-0.15, -0.1) is 0 Å². The fourth-order valence-corrected chi connectivity index (χ4v) is 4.45. The summed E-state index contributed by atoms with van der Waals surface area (Å²) in [7, 11) is 0. The van der Waals surface area contributed by atoms with Crippen molar-refractivity contribution in [2.24, 2.45) is 16.5 Å². The summed E-state index contributed by atoms with van der Waals surface area (Å²) in [6.45, 7) is 5.84. The van der Waals surface area contributed by atoms with Gasteiger partial charge in [0.25, 0.3) is 5.91 Å². The molecule has 3 atom stereocenters. The van der Waals surface area contributed by atoms with Gasteiger partial charge in [0.05, 0.1) is 30.9 Å². The molecule has 0 saturated heterocycles. The van der Waals surface area contributed by atoms with Crippen LogP contribution in [0.3, 0.4) is 0 Å². The highest BCUT2D eigenvalue weighted by Crippen LogP contribution is 2.26. The number of hydrogen-bond acceptors (Lipinski definition) is 5. The number of carbonyl (C=O) groups is 2. The fourth-order valence-electron chi connectivity index (χ4n) is 4.45. The van der Waals surface area contributed by atoms with Gasteiger partial charge >= 0.3 is 0 Å². The van der Waals surface area contributed by atoms with Gasteiger partial charge in [0.15, 0.2) is 5.96 Å². The van der Waals surface area contributed by atoms with Crippen LogP contribution in [-0.4, -0.2) is 53.7 Å². The number of aromatic amines is 1. The number of aryl methyl sites for hydroxylation is 1. The van der Waals surface area contributed by atoms with Crippen LogP contribution in [-0.2, 0) is 25.6 Å². The van der Waals surface area contributed by atoms with Gasteiger partial charge in [0, 0.05) is 30.1 Å². The molecule has 0 fully saturated rings. The van der Waals surface area contributed by atoms with Crippen LogP contribution in [0, 0.1) is 0 Å².